The summed E-state index contributed by atoms with van der Waals surface area (Å²) in [5.41, 5.74) is 1.02. The molecule has 0 aliphatic rings. The molecule has 0 fully saturated rings. The van der Waals surface area contributed by atoms with Crippen LogP contribution in [0.3, 0.4) is 0 Å². The van der Waals surface area contributed by atoms with E-state index in [1.807, 2.05) is 20.8 Å². The summed E-state index contributed by atoms with van der Waals surface area (Å²) in [5.74, 6) is 3.77. The summed E-state index contributed by atoms with van der Waals surface area (Å²) in [6.45, 7) is 9.43. The molecule has 0 aromatic carbocycles. The molecule has 0 amide bonds. The van der Waals surface area contributed by atoms with E-state index >= 15 is 0 Å². The van der Waals surface area contributed by atoms with Crippen molar-refractivity contribution in [2.24, 2.45) is 0 Å². The Kier molecular flexibility index (Phi) is 5.08. The van der Waals surface area contributed by atoms with E-state index in [0.29, 0.717) is 24.7 Å². The molecule has 0 bridgehead atoms. The van der Waals surface area contributed by atoms with E-state index in [0.717, 1.165) is 36.0 Å². The number of nitrogens with zero attached hydrogens (tertiary/aromatic N) is 4. The van der Waals surface area contributed by atoms with E-state index in [4.69, 9.17) is 4.52 Å². The molecule has 0 saturated heterocycles. The topological polar surface area (TPSA) is 88.8 Å². The molecule has 2 N–H and O–H groups in total. The zero-order chi connectivity index (χ0) is 15.2. The van der Waals surface area contributed by atoms with Crippen molar-refractivity contribution in [1.29, 1.82) is 0 Å². The molecule has 7 nitrogen and oxygen atoms in total. The van der Waals surface area contributed by atoms with Crippen LogP contribution in [-0.2, 0) is 6.42 Å². The lowest BCUT2D eigenvalue weighted by molar-refractivity contribution is 0.377. The smallest absolute Gasteiger partial charge is 0.228 e. The average Bonchev–Trinajstić information content (AvgIpc) is 2.86. The molecule has 0 unspecified atom stereocenters. The van der Waals surface area contributed by atoms with E-state index in [2.05, 4.69) is 37.7 Å². The molecular formula is C14H22N6O. The van der Waals surface area contributed by atoms with Crippen LogP contribution in [0.2, 0.25) is 0 Å². The maximum absolute atomic E-state index is 5.09. The number of rotatable bonds is 7. The third-order valence-corrected chi connectivity index (χ3v) is 3.00. The van der Waals surface area contributed by atoms with E-state index < -0.39 is 0 Å². The van der Waals surface area contributed by atoms with Crippen molar-refractivity contribution in [2.75, 3.05) is 23.7 Å². The Bertz CT molecular complexity index is 595. The molecular weight excluding hydrogens is 268 g/mol. The van der Waals surface area contributed by atoms with Gasteiger partial charge in [0.1, 0.15) is 17.5 Å². The van der Waals surface area contributed by atoms with Gasteiger partial charge in [-0.25, -0.2) is 9.97 Å². The molecule has 7 heteroatoms. The molecule has 0 spiro atoms. The minimum Gasteiger partial charge on any atom is -0.370 e. The summed E-state index contributed by atoms with van der Waals surface area (Å²) in [7, 11) is 0. The molecule has 0 saturated carbocycles. The Hall–Kier alpha value is -2.18. The number of anilines is 2. The largest absolute Gasteiger partial charge is 0.370 e. The van der Waals surface area contributed by atoms with Crippen LogP contribution in [0.1, 0.15) is 36.4 Å². The van der Waals surface area contributed by atoms with Crippen molar-refractivity contribution in [3.63, 3.8) is 0 Å². The first kappa shape index (κ1) is 15.2. The number of hydrogen-bond acceptors (Lipinski definition) is 7. The Balaban J connectivity index is 2.00. The number of hydrogen-bond donors (Lipinski definition) is 2. The maximum atomic E-state index is 5.09. The molecule has 2 aromatic rings. The summed E-state index contributed by atoms with van der Waals surface area (Å²) >= 11 is 0. The average molecular weight is 290 g/mol. The SMILES string of the molecule is CCCNc1nc(C)nc(NCCc2nc(C)no2)c1C. The highest BCUT2D eigenvalue weighted by Gasteiger charge is 2.09. The first-order valence-corrected chi connectivity index (χ1v) is 7.22. The van der Waals surface area contributed by atoms with E-state index in [1.165, 1.54) is 0 Å². The Morgan fingerprint density at radius 3 is 2.14 bits per heavy atom. The van der Waals surface area contributed by atoms with Gasteiger partial charge < -0.3 is 15.2 Å². The summed E-state index contributed by atoms with van der Waals surface area (Å²) < 4.78 is 5.09. The highest BCUT2D eigenvalue weighted by Crippen LogP contribution is 2.19. The molecule has 0 atom stereocenters. The number of aromatic nitrogens is 4. The van der Waals surface area contributed by atoms with E-state index in [-0.39, 0.29) is 0 Å². The first-order chi connectivity index (χ1) is 10.1. The van der Waals surface area contributed by atoms with Crippen LogP contribution in [0.4, 0.5) is 11.6 Å². The third kappa shape index (κ3) is 4.14. The summed E-state index contributed by atoms with van der Waals surface area (Å²) in [5, 5.41) is 10.4. The van der Waals surface area contributed by atoms with Gasteiger partial charge in [0, 0.05) is 25.1 Å². The van der Waals surface area contributed by atoms with Crippen LogP contribution in [0.15, 0.2) is 4.52 Å². The maximum Gasteiger partial charge on any atom is 0.228 e. The van der Waals surface area contributed by atoms with Gasteiger partial charge in [0.15, 0.2) is 5.82 Å². The van der Waals surface area contributed by atoms with Crippen molar-refractivity contribution < 1.29 is 4.52 Å². The van der Waals surface area contributed by atoms with Crippen molar-refractivity contribution in [2.45, 2.75) is 40.5 Å². The quantitative estimate of drug-likeness (QED) is 0.808. The van der Waals surface area contributed by atoms with Gasteiger partial charge in [0.05, 0.1) is 0 Å². The van der Waals surface area contributed by atoms with Crippen LogP contribution in [0, 0.1) is 20.8 Å². The van der Waals surface area contributed by atoms with Crippen molar-refractivity contribution in [3.8, 4) is 0 Å². The molecule has 21 heavy (non-hydrogen) atoms. The second-order valence-electron chi connectivity index (χ2n) is 4.93. The van der Waals surface area contributed by atoms with E-state index in [9.17, 15) is 0 Å². The van der Waals surface area contributed by atoms with Crippen LogP contribution in [0.5, 0.6) is 0 Å². The summed E-state index contributed by atoms with van der Waals surface area (Å²) in [4.78, 5) is 13.1. The van der Waals surface area contributed by atoms with Gasteiger partial charge in [-0.3, -0.25) is 0 Å². The van der Waals surface area contributed by atoms with Crippen molar-refractivity contribution in [3.05, 3.63) is 23.1 Å². The third-order valence-electron chi connectivity index (χ3n) is 3.00. The Morgan fingerprint density at radius 2 is 1.57 bits per heavy atom. The fraction of sp³-hybridized carbons (Fsp3) is 0.571. The fourth-order valence-electron chi connectivity index (χ4n) is 1.95. The summed E-state index contributed by atoms with van der Waals surface area (Å²) in [6, 6.07) is 0. The normalized spacial score (nSPS) is 10.7. The fourth-order valence-corrected chi connectivity index (χ4v) is 1.95. The number of nitrogens with one attached hydrogen (secondary N) is 2. The molecule has 2 aromatic heterocycles. The van der Waals surface area contributed by atoms with Gasteiger partial charge in [-0.05, 0) is 27.2 Å². The molecule has 0 aliphatic carbocycles. The molecule has 0 radical (unpaired) electrons. The van der Waals surface area contributed by atoms with Crippen LogP contribution in [0.25, 0.3) is 0 Å². The second-order valence-corrected chi connectivity index (χ2v) is 4.93. The van der Waals surface area contributed by atoms with Crippen LogP contribution < -0.4 is 10.6 Å². The van der Waals surface area contributed by atoms with Crippen LogP contribution >= 0.6 is 0 Å². The van der Waals surface area contributed by atoms with Gasteiger partial charge >= 0.3 is 0 Å². The van der Waals surface area contributed by atoms with Crippen molar-refractivity contribution >= 4 is 11.6 Å². The van der Waals surface area contributed by atoms with E-state index in [1.54, 1.807) is 0 Å². The molecule has 0 aliphatic heterocycles. The lowest BCUT2D eigenvalue weighted by Gasteiger charge is -2.13. The van der Waals surface area contributed by atoms with Gasteiger partial charge in [0.2, 0.25) is 5.89 Å². The standard InChI is InChI=1S/C14H22N6O/c1-5-7-15-13-9(2)14(19-10(3)18-13)16-8-6-12-17-11(4)20-21-12/h5-8H2,1-4H3,(H2,15,16,18,19). The van der Waals surface area contributed by atoms with Gasteiger partial charge in [-0.2, -0.15) is 4.98 Å². The Morgan fingerprint density at radius 1 is 0.905 bits per heavy atom. The highest BCUT2D eigenvalue weighted by molar-refractivity contribution is 5.57. The number of aryl methyl sites for hydroxylation is 2. The van der Waals surface area contributed by atoms with Gasteiger partial charge in [-0.1, -0.05) is 12.1 Å². The predicted octanol–water partition coefficient (Wildman–Crippen LogP) is 2.26. The van der Waals surface area contributed by atoms with Crippen molar-refractivity contribution in [1.82, 2.24) is 20.1 Å². The molecule has 114 valence electrons. The lowest BCUT2D eigenvalue weighted by Crippen LogP contribution is -2.12. The zero-order valence-corrected chi connectivity index (χ0v) is 13.0. The lowest BCUT2D eigenvalue weighted by atomic mass is 10.3. The molecule has 2 rings (SSSR count). The minimum absolute atomic E-state index is 0.632. The highest BCUT2D eigenvalue weighted by atomic mass is 16.5. The zero-order valence-electron chi connectivity index (χ0n) is 13.0. The first-order valence-electron chi connectivity index (χ1n) is 7.22. The Labute approximate surface area is 124 Å². The predicted molar refractivity (Wildman–Crippen MR) is 81.5 cm³/mol. The van der Waals surface area contributed by atoms with Gasteiger partial charge in [-0.15, -0.1) is 0 Å². The van der Waals surface area contributed by atoms with Gasteiger partial charge in [0.25, 0.3) is 0 Å². The minimum atomic E-state index is 0.632. The van der Waals surface area contributed by atoms with Crippen LogP contribution in [-0.4, -0.2) is 33.2 Å². The summed E-state index contributed by atoms with van der Waals surface area (Å²) in [6.07, 6.45) is 1.73. The monoisotopic (exact) mass is 290 g/mol. The molecule has 2 heterocycles. The second kappa shape index (κ2) is 7.01.